The summed E-state index contributed by atoms with van der Waals surface area (Å²) < 4.78 is 0. The molecule has 0 spiro atoms. The first-order chi connectivity index (χ1) is 11.2. The molecule has 0 bridgehead atoms. The summed E-state index contributed by atoms with van der Waals surface area (Å²) in [5, 5.41) is 20.5. The fourth-order valence-corrected chi connectivity index (χ4v) is 3.91. The summed E-state index contributed by atoms with van der Waals surface area (Å²) in [7, 11) is 0. The van der Waals surface area contributed by atoms with Crippen LogP contribution in [0.2, 0.25) is 0 Å². The topological polar surface area (TPSA) is 44.1 Å². The van der Waals surface area contributed by atoms with Gasteiger partial charge in [0.15, 0.2) is 0 Å². The maximum Gasteiger partial charge on any atom is 0.128 e. The molecule has 0 fully saturated rings. The smallest absolute Gasteiger partial charge is 0.128 e. The Bertz CT molecular complexity index is 722. The van der Waals surface area contributed by atoms with Gasteiger partial charge in [-0.25, -0.2) is 0 Å². The van der Waals surface area contributed by atoms with Gasteiger partial charge in [0.05, 0.1) is 5.71 Å². The highest BCUT2D eigenvalue weighted by Crippen LogP contribution is 2.44. The number of aryl methyl sites for hydroxylation is 3. The van der Waals surface area contributed by atoms with Crippen LogP contribution in [0.15, 0.2) is 35.4 Å². The zero-order chi connectivity index (χ0) is 19.4. The van der Waals surface area contributed by atoms with Gasteiger partial charge in [-0.3, -0.25) is 0 Å². The Morgan fingerprint density at radius 3 is 1.48 bits per heavy atom. The number of hydrogen-bond donors (Lipinski definition) is 2. The number of aliphatic hydroxyl groups is 1. The summed E-state index contributed by atoms with van der Waals surface area (Å²) in [4.78, 5) is 0. The maximum atomic E-state index is 11.7. The summed E-state index contributed by atoms with van der Waals surface area (Å²) in [6, 6.07) is 4.24. The number of rotatable bonds is 1. The lowest BCUT2D eigenvalue weighted by molar-refractivity contribution is 0.136. The molecule has 2 N–H and O–H groups in total. The van der Waals surface area contributed by atoms with Gasteiger partial charge in [-0.15, -0.1) is 0 Å². The molecule has 2 heteroatoms. The third kappa shape index (κ3) is 3.64. The van der Waals surface area contributed by atoms with Crippen molar-refractivity contribution >= 4 is 5.71 Å². The summed E-state index contributed by atoms with van der Waals surface area (Å²) >= 11 is 0. The summed E-state index contributed by atoms with van der Waals surface area (Å²) in [6.07, 6.45) is 3.80. The van der Waals surface area contributed by atoms with E-state index >= 15 is 0 Å². The second-order valence-corrected chi connectivity index (χ2v) is 9.59. The molecule has 1 aliphatic carbocycles. The average Bonchev–Trinajstić information content (AvgIpc) is 2.37. The molecule has 0 saturated carbocycles. The molecule has 0 atom stereocenters. The molecular weight excluding hydrogens is 306 g/mol. The van der Waals surface area contributed by atoms with Gasteiger partial charge in [-0.05, 0) is 71.6 Å². The Labute approximate surface area is 153 Å². The molecule has 136 valence electrons. The van der Waals surface area contributed by atoms with E-state index in [-0.39, 0.29) is 10.8 Å². The van der Waals surface area contributed by atoms with E-state index in [0.717, 1.165) is 27.8 Å². The molecular formula is C23H33NO. The summed E-state index contributed by atoms with van der Waals surface area (Å²) in [5.41, 5.74) is 5.07. The molecule has 0 heterocycles. The molecule has 0 unspecified atom stereocenters. The van der Waals surface area contributed by atoms with Crippen LogP contribution in [0.25, 0.3) is 0 Å². The lowest BCUT2D eigenvalue weighted by atomic mass is 9.67. The van der Waals surface area contributed by atoms with Gasteiger partial charge in [0.25, 0.3) is 0 Å². The Kier molecular flexibility index (Phi) is 4.68. The molecule has 0 aromatic heterocycles. The van der Waals surface area contributed by atoms with Crippen LogP contribution in [0.5, 0.6) is 0 Å². The summed E-state index contributed by atoms with van der Waals surface area (Å²) in [5.74, 6) is 0. The molecule has 25 heavy (non-hydrogen) atoms. The van der Waals surface area contributed by atoms with E-state index in [1.165, 1.54) is 5.56 Å². The van der Waals surface area contributed by atoms with Crippen LogP contribution >= 0.6 is 0 Å². The fraction of sp³-hybridized carbons (Fsp3) is 0.522. The molecule has 1 aromatic carbocycles. The number of allylic oxidation sites excluding steroid dienone is 2. The Hall–Kier alpha value is -1.67. The zero-order valence-electron chi connectivity index (χ0n) is 17.3. The predicted octanol–water partition coefficient (Wildman–Crippen LogP) is 5.78. The van der Waals surface area contributed by atoms with E-state index < -0.39 is 5.60 Å². The van der Waals surface area contributed by atoms with Gasteiger partial charge in [0, 0.05) is 0 Å². The van der Waals surface area contributed by atoms with Crippen molar-refractivity contribution in [2.75, 3.05) is 0 Å². The van der Waals surface area contributed by atoms with Gasteiger partial charge in [-0.2, -0.15) is 0 Å². The van der Waals surface area contributed by atoms with Crippen LogP contribution < -0.4 is 0 Å². The van der Waals surface area contributed by atoms with E-state index in [0.29, 0.717) is 5.71 Å². The van der Waals surface area contributed by atoms with Gasteiger partial charge in [0.1, 0.15) is 5.60 Å². The monoisotopic (exact) mass is 339 g/mol. The Morgan fingerprint density at radius 2 is 1.16 bits per heavy atom. The predicted molar refractivity (Wildman–Crippen MR) is 107 cm³/mol. The minimum atomic E-state index is -1.18. The van der Waals surface area contributed by atoms with Crippen LogP contribution in [-0.2, 0) is 5.60 Å². The fourth-order valence-electron chi connectivity index (χ4n) is 3.91. The first kappa shape index (κ1) is 19.7. The zero-order valence-corrected chi connectivity index (χ0v) is 17.3. The van der Waals surface area contributed by atoms with Crippen LogP contribution in [0, 0.1) is 37.0 Å². The highest BCUT2D eigenvalue weighted by Gasteiger charge is 2.40. The second kappa shape index (κ2) is 5.95. The van der Waals surface area contributed by atoms with Gasteiger partial charge >= 0.3 is 0 Å². The van der Waals surface area contributed by atoms with Crippen molar-refractivity contribution < 1.29 is 5.11 Å². The minimum Gasteiger partial charge on any atom is -0.377 e. The lowest BCUT2D eigenvalue weighted by Crippen LogP contribution is -2.36. The van der Waals surface area contributed by atoms with E-state index in [4.69, 9.17) is 5.41 Å². The Morgan fingerprint density at radius 1 is 0.800 bits per heavy atom. The van der Waals surface area contributed by atoms with Crippen molar-refractivity contribution in [2.45, 2.75) is 67.9 Å². The van der Waals surface area contributed by atoms with Gasteiger partial charge in [-0.1, -0.05) is 59.2 Å². The van der Waals surface area contributed by atoms with Crippen molar-refractivity contribution in [2.24, 2.45) is 10.8 Å². The van der Waals surface area contributed by atoms with Gasteiger partial charge < -0.3 is 10.5 Å². The highest BCUT2D eigenvalue weighted by atomic mass is 16.3. The molecule has 2 rings (SSSR count). The van der Waals surface area contributed by atoms with Crippen molar-refractivity contribution in [3.05, 3.63) is 57.7 Å². The summed E-state index contributed by atoms with van der Waals surface area (Å²) in [6.45, 7) is 18.8. The minimum absolute atomic E-state index is 0.206. The number of hydrogen-bond acceptors (Lipinski definition) is 2. The number of nitrogens with one attached hydrogen (secondary N) is 1. The van der Waals surface area contributed by atoms with Crippen LogP contribution in [0.4, 0.5) is 0 Å². The quantitative estimate of drug-likeness (QED) is 0.669. The second-order valence-electron chi connectivity index (χ2n) is 9.59. The third-order valence-electron chi connectivity index (χ3n) is 4.96. The molecule has 0 saturated heterocycles. The van der Waals surface area contributed by atoms with E-state index in [9.17, 15) is 5.11 Å². The highest BCUT2D eigenvalue weighted by molar-refractivity contribution is 6.13. The third-order valence-corrected chi connectivity index (χ3v) is 4.96. The largest absolute Gasteiger partial charge is 0.377 e. The normalized spacial score (nSPS) is 21.9. The standard InChI is InChI=1S/C23H33NO/c1-14-10-15(2)19(16(3)11-14)23(25)12-17(21(4,5)6)20(24)18(13-23)22(7,8)9/h10-13,24-25H,1-9H3. The lowest BCUT2D eigenvalue weighted by Gasteiger charge is -2.39. The van der Waals surface area contributed by atoms with Crippen molar-refractivity contribution in [1.82, 2.24) is 0 Å². The van der Waals surface area contributed by atoms with Crippen molar-refractivity contribution in [3.8, 4) is 0 Å². The van der Waals surface area contributed by atoms with E-state index in [1.54, 1.807) is 0 Å². The molecule has 0 aliphatic heterocycles. The first-order valence-electron chi connectivity index (χ1n) is 9.03. The molecule has 0 amide bonds. The van der Waals surface area contributed by atoms with Gasteiger partial charge in [0.2, 0.25) is 0 Å². The maximum absolute atomic E-state index is 11.7. The Balaban J connectivity index is 2.83. The first-order valence-corrected chi connectivity index (χ1v) is 9.03. The average molecular weight is 340 g/mol. The molecule has 1 aliphatic rings. The van der Waals surface area contributed by atoms with E-state index in [1.807, 2.05) is 12.2 Å². The molecule has 1 aromatic rings. The van der Waals surface area contributed by atoms with Crippen molar-refractivity contribution in [3.63, 3.8) is 0 Å². The molecule has 2 nitrogen and oxygen atoms in total. The van der Waals surface area contributed by atoms with Crippen molar-refractivity contribution in [1.29, 1.82) is 5.41 Å². The SMILES string of the molecule is Cc1cc(C)c(C2(O)C=C(C(C)(C)C)C(=N)C(C(C)(C)C)=C2)c(C)c1. The van der Waals surface area contributed by atoms with E-state index in [2.05, 4.69) is 74.4 Å². The molecule has 0 radical (unpaired) electrons. The van der Waals surface area contributed by atoms with Crippen LogP contribution in [0.3, 0.4) is 0 Å². The van der Waals surface area contributed by atoms with Crippen LogP contribution in [-0.4, -0.2) is 10.8 Å². The number of benzene rings is 1. The van der Waals surface area contributed by atoms with Crippen LogP contribution in [0.1, 0.15) is 63.8 Å².